The highest BCUT2D eigenvalue weighted by atomic mass is 16.5. The standard InChI is InChI=1S/C13H12O/c1-3-4-5-6-7-12-8-10-13(14-2)11-9-12/h1,8-11H,4-5H2,2H3. The van der Waals surface area contributed by atoms with Crippen molar-refractivity contribution < 1.29 is 4.74 Å². The Morgan fingerprint density at radius 1 is 1.21 bits per heavy atom. The lowest BCUT2D eigenvalue weighted by Crippen LogP contribution is -1.81. The third-order valence-electron chi connectivity index (χ3n) is 1.72. The van der Waals surface area contributed by atoms with Gasteiger partial charge in [0.15, 0.2) is 0 Å². The van der Waals surface area contributed by atoms with Crippen LogP contribution in [0.2, 0.25) is 0 Å². The van der Waals surface area contributed by atoms with Crippen LogP contribution in [0, 0.1) is 24.2 Å². The first-order valence-corrected chi connectivity index (χ1v) is 4.43. The fourth-order valence-corrected chi connectivity index (χ4v) is 0.974. The Balaban J connectivity index is 2.58. The van der Waals surface area contributed by atoms with Gasteiger partial charge in [-0.05, 0) is 24.3 Å². The highest BCUT2D eigenvalue weighted by Gasteiger charge is 1.88. The van der Waals surface area contributed by atoms with E-state index in [1.807, 2.05) is 24.3 Å². The maximum atomic E-state index is 5.11. The van der Waals surface area contributed by atoms with Crippen LogP contribution in [0.3, 0.4) is 0 Å². The average molecular weight is 184 g/mol. The van der Waals surface area contributed by atoms with Crippen LogP contribution >= 0.6 is 0 Å². The van der Waals surface area contributed by atoms with Gasteiger partial charge in [0, 0.05) is 18.4 Å². The summed E-state index contributed by atoms with van der Waals surface area (Å²) in [5, 5.41) is 0. The molecular weight excluding hydrogens is 172 g/mol. The molecular formula is C13H12O. The topological polar surface area (TPSA) is 9.23 Å². The summed E-state index contributed by atoms with van der Waals surface area (Å²) in [7, 11) is 1.65. The van der Waals surface area contributed by atoms with Gasteiger partial charge in [0.1, 0.15) is 5.75 Å². The van der Waals surface area contributed by atoms with Crippen molar-refractivity contribution in [2.45, 2.75) is 12.8 Å². The first-order valence-electron chi connectivity index (χ1n) is 4.43. The summed E-state index contributed by atoms with van der Waals surface area (Å²) in [6.45, 7) is 0. The molecule has 1 heteroatoms. The molecule has 0 fully saturated rings. The molecule has 0 unspecified atom stereocenters. The predicted molar refractivity (Wildman–Crippen MR) is 57.9 cm³/mol. The van der Waals surface area contributed by atoms with Gasteiger partial charge in [0.05, 0.1) is 7.11 Å². The molecule has 0 N–H and O–H groups in total. The van der Waals surface area contributed by atoms with Crippen LogP contribution in [-0.4, -0.2) is 7.11 Å². The lowest BCUT2D eigenvalue weighted by molar-refractivity contribution is 0.415. The van der Waals surface area contributed by atoms with Gasteiger partial charge in [-0.15, -0.1) is 12.3 Å². The number of benzene rings is 1. The van der Waals surface area contributed by atoms with Gasteiger partial charge in [0.25, 0.3) is 0 Å². The van der Waals surface area contributed by atoms with Gasteiger partial charge in [-0.1, -0.05) is 11.8 Å². The lowest BCUT2D eigenvalue weighted by Gasteiger charge is -1.97. The van der Waals surface area contributed by atoms with Crippen LogP contribution in [0.5, 0.6) is 5.75 Å². The summed E-state index contributed by atoms with van der Waals surface area (Å²) in [6, 6.07) is 7.65. The fraction of sp³-hybridized carbons (Fsp3) is 0.231. The Hall–Kier alpha value is -1.86. The Morgan fingerprint density at radius 3 is 2.50 bits per heavy atom. The quantitative estimate of drug-likeness (QED) is 0.506. The second-order valence-corrected chi connectivity index (χ2v) is 2.73. The van der Waals surface area contributed by atoms with Crippen molar-refractivity contribution >= 4 is 0 Å². The summed E-state index contributed by atoms with van der Waals surface area (Å²) < 4.78 is 5.04. The van der Waals surface area contributed by atoms with E-state index in [0.29, 0.717) is 6.42 Å². The van der Waals surface area contributed by atoms with Crippen LogP contribution < -0.4 is 4.74 Å². The molecule has 1 nitrogen and oxygen atoms in total. The first kappa shape index (κ1) is 10.2. The number of rotatable bonds is 2. The van der Waals surface area contributed by atoms with Gasteiger partial charge >= 0.3 is 0 Å². The Kier molecular flexibility index (Phi) is 4.18. The lowest BCUT2D eigenvalue weighted by atomic mass is 10.2. The Bertz CT molecular complexity index is 370. The minimum absolute atomic E-state index is 0.711. The van der Waals surface area contributed by atoms with Crippen molar-refractivity contribution in [1.29, 1.82) is 0 Å². The van der Waals surface area contributed by atoms with E-state index < -0.39 is 0 Å². The minimum Gasteiger partial charge on any atom is -0.497 e. The summed E-state index contributed by atoms with van der Waals surface area (Å²) in [6.07, 6.45) is 6.58. The molecule has 0 amide bonds. The van der Waals surface area contributed by atoms with Crippen LogP contribution in [0.1, 0.15) is 18.4 Å². The summed E-state index contributed by atoms with van der Waals surface area (Å²) in [5.74, 6) is 9.43. The van der Waals surface area contributed by atoms with Crippen LogP contribution in [0.25, 0.3) is 0 Å². The molecule has 0 saturated heterocycles. The molecule has 0 bridgehead atoms. The number of hydrogen-bond donors (Lipinski definition) is 0. The molecule has 0 atom stereocenters. The van der Waals surface area contributed by atoms with Crippen molar-refractivity contribution in [2.75, 3.05) is 7.11 Å². The highest BCUT2D eigenvalue weighted by Crippen LogP contribution is 2.10. The normalized spacial score (nSPS) is 8.29. The zero-order valence-electron chi connectivity index (χ0n) is 8.21. The number of hydrogen-bond acceptors (Lipinski definition) is 1. The third-order valence-corrected chi connectivity index (χ3v) is 1.72. The van der Waals surface area contributed by atoms with Crippen molar-refractivity contribution in [3.8, 4) is 29.9 Å². The summed E-state index contributed by atoms with van der Waals surface area (Å²) in [5.41, 5.74) is 0.989. The van der Waals surface area contributed by atoms with E-state index in [-0.39, 0.29) is 0 Å². The van der Waals surface area contributed by atoms with E-state index in [1.165, 1.54) is 0 Å². The second-order valence-electron chi connectivity index (χ2n) is 2.73. The molecule has 1 aromatic carbocycles. The highest BCUT2D eigenvalue weighted by molar-refractivity contribution is 5.38. The molecule has 0 aliphatic rings. The van der Waals surface area contributed by atoms with Crippen LogP contribution in [0.4, 0.5) is 0 Å². The number of ether oxygens (including phenoxy) is 1. The molecule has 70 valence electrons. The fourth-order valence-electron chi connectivity index (χ4n) is 0.974. The zero-order chi connectivity index (χ0) is 10.2. The molecule has 0 aliphatic heterocycles. The molecule has 0 heterocycles. The van der Waals surface area contributed by atoms with E-state index >= 15 is 0 Å². The van der Waals surface area contributed by atoms with Gasteiger partial charge in [-0.2, -0.15) is 0 Å². The maximum Gasteiger partial charge on any atom is 0.118 e. The SMILES string of the molecule is C#CCCC#Cc1ccc(OC)cc1. The molecule has 0 spiro atoms. The molecule has 0 radical (unpaired) electrons. The van der Waals surface area contributed by atoms with Gasteiger partial charge in [-0.3, -0.25) is 0 Å². The molecule has 0 saturated carbocycles. The Morgan fingerprint density at radius 2 is 1.93 bits per heavy atom. The molecule has 14 heavy (non-hydrogen) atoms. The van der Waals surface area contributed by atoms with Crippen molar-refractivity contribution in [3.05, 3.63) is 29.8 Å². The first-order chi connectivity index (χ1) is 6.86. The Labute approximate surface area is 85.1 Å². The van der Waals surface area contributed by atoms with Gasteiger partial charge in [-0.25, -0.2) is 0 Å². The smallest absolute Gasteiger partial charge is 0.118 e. The largest absolute Gasteiger partial charge is 0.497 e. The van der Waals surface area contributed by atoms with Crippen LogP contribution in [-0.2, 0) is 0 Å². The van der Waals surface area contributed by atoms with E-state index in [9.17, 15) is 0 Å². The number of unbranched alkanes of at least 4 members (excludes halogenated alkanes) is 1. The summed E-state index contributed by atoms with van der Waals surface area (Å²) in [4.78, 5) is 0. The zero-order valence-corrected chi connectivity index (χ0v) is 8.21. The van der Waals surface area contributed by atoms with Gasteiger partial charge < -0.3 is 4.74 Å². The van der Waals surface area contributed by atoms with Crippen molar-refractivity contribution in [1.82, 2.24) is 0 Å². The van der Waals surface area contributed by atoms with Crippen molar-refractivity contribution in [2.24, 2.45) is 0 Å². The van der Waals surface area contributed by atoms with Crippen LogP contribution in [0.15, 0.2) is 24.3 Å². The maximum absolute atomic E-state index is 5.11. The number of methoxy groups -OCH3 is 1. The average Bonchev–Trinajstić information content (AvgIpc) is 2.25. The summed E-state index contributed by atoms with van der Waals surface area (Å²) >= 11 is 0. The van der Waals surface area contributed by atoms with E-state index in [0.717, 1.165) is 17.7 Å². The van der Waals surface area contributed by atoms with Crippen molar-refractivity contribution in [3.63, 3.8) is 0 Å². The molecule has 0 aliphatic carbocycles. The van der Waals surface area contributed by atoms with E-state index in [1.54, 1.807) is 7.11 Å². The van der Waals surface area contributed by atoms with E-state index in [2.05, 4.69) is 17.8 Å². The predicted octanol–water partition coefficient (Wildman–Crippen LogP) is 2.46. The number of terminal acetylenes is 1. The van der Waals surface area contributed by atoms with Gasteiger partial charge in [0.2, 0.25) is 0 Å². The molecule has 1 rings (SSSR count). The monoisotopic (exact) mass is 184 g/mol. The minimum atomic E-state index is 0.711. The molecule has 0 aromatic heterocycles. The van der Waals surface area contributed by atoms with E-state index in [4.69, 9.17) is 11.2 Å². The second kappa shape index (κ2) is 5.73. The third kappa shape index (κ3) is 3.25. The molecule has 1 aromatic rings.